The molecule has 0 spiro atoms. The van der Waals surface area contributed by atoms with Crippen molar-refractivity contribution in [2.75, 3.05) is 25.1 Å². The highest BCUT2D eigenvalue weighted by atomic mass is 16.6. The van der Waals surface area contributed by atoms with Gasteiger partial charge in [0, 0.05) is 6.54 Å². The Kier molecular flexibility index (Phi) is 6.08. The molecule has 0 fully saturated rings. The molecule has 0 aliphatic carbocycles. The van der Waals surface area contributed by atoms with E-state index in [1.54, 1.807) is 25.1 Å². The number of para-hydroxylation sites is 1. The summed E-state index contributed by atoms with van der Waals surface area (Å²) < 4.78 is 10.6. The topological polar surface area (TPSA) is 73.6 Å². The van der Waals surface area contributed by atoms with Crippen LogP contribution in [0.5, 0.6) is 5.75 Å². The quantitative estimate of drug-likeness (QED) is 0.446. The highest BCUT2D eigenvalue weighted by molar-refractivity contribution is 5.68. The van der Waals surface area contributed by atoms with Crippen LogP contribution in [-0.4, -0.2) is 30.8 Å². The van der Waals surface area contributed by atoms with Gasteiger partial charge in [0.05, 0.1) is 24.2 Å². The minimum Gasteiger partial charge on any atom is -0.487 e. The molecule has 0 radical (unpaired) electrons. The Bertz CT molecular complexity index is 421. The van der Waals surface area contributed by atoms with E-state index in [-0.39, 0.29) is 17.5 Å². The van der Waals surface area contributed by atoms with Crippen LogP contribution >= 0.6 is 0 Å². The smallest absolute Gasteiger partial charge is 0.333 e. The van der Waals surface area contributed by atoms with E-state index in [4.69, 9.17) is 9.47 Å². The van der Waals surface area contributed by atoms with Crippen molar-refractivity contribution in [3.63, 3.8) is 0 Å². The van der Waals surface area contributed by atoms with Crippen LogP contribution in [0.15, 0.2) is 18.2 Å². The van der Waals surface area contributed by atoms with Gasteiger partial charge in [0.15, 0.2) is 5.75 Å². The summed E-state index contributed by atoms with van der Waals surface area (Å²) >= 11 is 0. The van der Waals surface area contributed by atoms with Gasteiger partial charge < -0.3 is 14.8 Å². The van der Waals surface area contributed by atoms with Gasteiger partial charge in [-0.2, -0.15) is 0 Å². The van der Waals surface area contributed by atoms with E-state index in [2.05, 4.69) is 5.32 Å². The number of nitrogens with zero attached hydrogens (tertiary/aromatic N) is 1. The maximum atomic E-state index is 11.1. The van der Waals surface area contributed by atoms with E-state index < -0.39 is 4.92 Å². The lowest BCUT2D eigenvalue weighted by atomic mass is 10.2. The Balaban J connectivity index is 2.76. The van der Waals surface area contributed by atoms with Crippen molar-refractivity contribution in [2.24, 2.45) is 0 Å². The van der Waals surface area contributed by atoms with Crippen LogP contribution < -0.4 is 10.1 Å². The molecule has 6 heteroatoms. The second-order valence-corrected chi connectivity index (χ2v) is 4.19. The van der Waals surface area contributed by atoms with E-state index in [0.717, 1.165) is 0 Å². The van der Waals surface area contributed by atoms with Gasteiger partial charge in [-0.15, -0.1) is 0 Å². The van der Waals surface area contributed by atoms with E-state index in [1.807, 2.05) is 13.8 Å². The molecule has 0 bridgehead atoms. The zero-order chi connectivity index (χ0) is 14.3. The number of nitrogens with one attached hydrogen (secondary N) is 1. The summed E-state index contributed by atoms with van der Waals surface area (Å²) in [5.74, 6) is 0.280. The Morgan fingerprint density at radius 3 is 2.74 bits per heavy atom. The number of hydrogen-bond acceptors (Lipinski definition) is 5. The van der Waals surface area contributed by atoms with Gasteiger partial charge in [-0.25, -0.2) is 0 Å². The summed E-state index contributed by atoms with van der Waals surface area (Å²) in [6.07, 6.45) is 0.145. The molecule has 0 amide bonds. The number of benzene rings is 1. The molecule has 1 aromatic carbocycles. The summed E-state index contributed by atoms with van der Waals surface area (Å²) in [7, 11) is 0. The summed E-state index contributed by atoms with van der Waals surface area (Å²) in [5.41, 5.74) is 0.414. The summed E-state index contributed by atoms with van der Waals surface area (Å²) in [6, 6.07) is 4.98. The Labute approximate surface area is 112 Å². The molecule has 1 aromatic rings. The van der Waals surface area contributed by atoms with E-state index in [9.17, 15) is 10.1 Å². The third-order valence-corrected chi connectivity index (χ3v) is 2.35. The van der Waals surface area contributed by atoms with Crippen molar-refractivity contribution >= 4 is 11.4 Å². The third kappa shape index (κ3) is 4.75. The standard InChI is InChI=1S/C13H20N2O4/c1-4-18-12-7-5-6-11(13(12)15(16)17)14-8-9-19-10(2)3/h5-7,10,14H,4,8-9H2,1-3H3. The molecule has 0 heterocycles. The number of nitro benzene ring substituents is 1. The first-order valence-electron chi connectivity index (χ1n) is 6.32. The maximum absolute atomic E-state index is 11.1. The first-order valence-corrected chi connectivity index (χ1v) is 6.32. The molecule has 0 unspecified atom stereocenters. The Morgan fingerprint density at radius 1 is 1.42 bits per heavy atom. The van der Waals surface area contributed by atoms with Crippen LogP contribution in [0.2, 0.25) is 0 Å². The lowest BCUT2D eigenvalue weighted by Crippen LogP contribution is -2.14. The highest BCUT2D eigenvalue weighted by Crippen LogP contribution is 2.34. The molecule has 0 saturated carbocycles. The van der Waals surface area contributed by atoms with Crippen LogP contribution in [0.25, 0.3) is 0 Å². The molecule has 0 aliphatic rings. The van der Waals surface area contributed by atoms with Crippen molar-refractivity contribution in [3.8, 4) is 5.75 Å². The van der Waals surface area contributed by atoms with Crippen molar-refractivity contribution in [1.29, 1.82) is 0 Å². The number of nitro groups is 1. The molecule has 0 aliphatic heterocycles. The molecular weight excluding hydrogens is 248 g/mol. The van der Waals surface area contributed by atoms with Crippen LogP contribution in [0.3, 0.4) is 0 Å². The number of anilines is 1. The molecule has 0 saturated heterocycles. The monoisotopic (exact) mass is 268 g/mol. The van der Waals surface area contributed by atoms with Gasteiger partial charge >= 0.3 is 5.69 Å². The maximum Gasteiger partial charge on any atom is 0.333 e. The first kappa shape index (κ1) is 15.2. The lowest BCUT2D eigenvalue weighted by molar-refractivity contribution is -0.384. The molecule has 1 rings (SSSR count). The number of hydrogen-bond donors (Lipinski definition) is 1. The van der Waals surface area contributed by atoms with Gasteiger partial charge in [0.25, 0.3) is 0 Å². The average molecular weight is 268 g/mol. The predicted octanol–water partition coefficient (Wildman–Crippen LogP) is 2.83. The van der Waals surface area contributed by atoms with E-state index in [1.165, 1.54) is 0 Å². The van der Waals surface area contributed by atoms with Crippen molar-refractivity contribution in [1.82, 2.24) is 0 Å². The highest BCUT2D eigenvalue weighted by Gasteiger charge is 2.20. The van der Waals surface area contributed by atoms with Gasteiger partial charge in [0.2, 0.25) is 0 Å². The van der Waals surface area contributed by atoms with Crippen molar-refractivity contribution in [3.05, 3.63) is 28.3 Å². The molecule has 106 valence electrons. The minimum atomic E-state index is -0.434. The number of rotatable bonds is 8. The molecule has 0 aromatic heterocycles. The number of ether oxygens (including phenoxy) is 2. The normalized spacial score (nSPS) is 10.5. The third-order valence-electron chi connectivity index (χ3n) is 2.35. The van der Waals surface area contributed by atoms with Gasteiger partial charge in [-0.05, 0) is 32.9 Å². The fraction of sp³-hybridized carbons (Fsp3) is 0.538. The zero-order valence-corrected chi connectivity index (χ0v) is 11.5. The van der Waals surface area contributed by atoms with Gasteiger partial charge in [0.1, 0.15) is 5.69 Å². The van der Waals surface area contributed by atoms with Crippen molar-refractivity contribution in [2.45, 2.75) is 26.9 Å². The fourth-order valence-corrected chi connectivity index (χ4v) is 1.61. The zero-order valence-electron chi connectivity index (χ0n) is 11.5. The van der Waals surface area contributed by atoms with Crippen LogP contribution in [-0.2, 0) is 4.74 Å². The van der Waals surface area contributed by atoms with Gasteiger partial charge in [-0.3, -0.25) is 10.1 Å². The van der Waals surface area contributed by atoms with Crippen LogP contribution in [0.4, 0.5) is 11.4 Å². The minimum absolute atomic E-state index is 0.0334. The SMILES string of the molecule is CCOc1cccc(NCCOC(C)C)c1[N+](=O)[O-]. The largest absolute Gasteiger partial charge is 0.487 e. The molecule has 1 N–H and O–H groups in total. The van der Waals surface area contributed by atoms with E-state index in [0.29, 0.717) is 25.4 Å². The summed E-state index contributed by atoms with van der Waals surface area (Å²) in [6.45, 7) is 7.07. The van der Waals surface area contributed by atoms with Crippen molar-refractivity contribution < 1.29 is 14.4 Å². The molecule has 19 heavy (non-hydrogen) atoms. The summed E-state index contributed by atoms with van der Waals surface area (Å²) in [4.78, 5) is 10.7. The molecular formula is C13H20N2O4. The Morgan fingerprint density at radius 2 is 2.16 bits per heavy atom. The fourth-order valence-electron chi connectivity index (χ4n) is 1.61. The molecule has 6 nitrogen and oxygen atoms in total. The lowest BCUT2D eigenvalue weighted by Gasteiger charge is -2.11. The van der Waals surface area contributed by atoms with Crippen LogP contribution in [0.1, 0.15) is 20.8 Å². The average Bonchev–Trinajstić information content (AvgIpc) is 2.34. The Hall–Kier alpha value is -1.82. The summed E-state index contributed by atoms with van der Waals surface area (Å²) in [5, 5.41) is 14.1. The van der Waals surface area contributed by atoms with Crippen LogP contribution in [0, 0.1) is 10.1 Å². The second-order valence-electron chi connectivity index (χ2n) is 4.19. The second kappa shape index (κ2) is 7.58. The van der Waals surface area contributed by atoms with E-state index >= 15 is 0 Å². The van der Waals surface area contributed by atoms with Gasteiger partial charge in [-0.1, -0.05) is 6.07 Å². The first-order chi connectivity index (χ1) is 9.06. The molecule has 0 atom stereocenters. The predicted molar refractivity (Wildman–Crippen MR) is 73.8 cm³/mol.